The van der Waals surface area contributed by atoms with Crippen molar-refractivity contribution in [2.75, 3.05) is 33.7 Å². The summed E-state index contributed by atoms with van der Waals surface area (Å²) in [6.07, 6.45) is 2.12. The summed E-state index contributed by atoms with van der Waals surface area (Å²) in [5.41, 5.74) is 2.72. The first-order chi connectivity index (χ1) is 17.2. The Balaban J connectivity index is 2.03. The summed E-state index contributed by atoms with van der Waals surface area (Å²) in [5, 5.41) is 0.717. The highest BCUT2D eigenvalue weighted by Crippen LogP contribution is 2.63. The van der Waals surface area contributed by atoms with Crippen molar-refractivity contribution in [1.29, 1.82) is 0 Å². The number of hydrogen-bond donors (Lipinski definition) is 0. The van der Waals surface area contributed by atoms with Crippen LogP contribution in [0, 0.1) is 34.5 Å². The van der Waals surface area contributed by atoms with Crippen LogP contribution in [-0.4, -0.2) is 55.1 Å². The van der Waals surface area contributed by atoms with Crippen LogP contribution in [0.2, 0.25) is 5.02 Å². The molecule has 0 amide bonds. The van der Waals surface area contributed by atoms with Gasteiger partial charge in [0.05, 0.1) is 12.0 Å². The van der Waals surface area contributed by atoms with Crippen LogP contribution < -0.4 is 0 Å². The number of fused-ring (bicyclic) bond motifs is 1. The number of allylic oxidation sites excluding steroid dienone is 2. The maximum Gasteiger partial charge on any atom is 0.160 e. The second-order valence-corrected chi connectivity index (χ2v) is 13.5. The van der Waals surface area contributed by atoms with E-state index in [1.807, 2.05) is 24.3 Å². The van der Waals surface area contributed by atoms with E-state index in [1.165, 1.54) is 5.57 Å². The second-order valence-electron chi connectivity index (χ2n) is 13.1. The molecule has 3 rings (SSSR count). The van der Waals surface area contributed by atoms with E-state index in [2.05, 4.69) is 72.4 Å². The topological polar surface area (TPSA) is 40.6 Å². The molecule has 0 radical (unpaired) electrons. The van der Waals surface area contributed by atoms with Gasteiger partial charge in [0.1, 0.15) is 0 Å². The molecule has 1 saturated carbocycles. The first kappa shape index (κ1) is 30.1. The number of rotatable bonds is 11. The van der Waals surface area contributed by atoms with E-state index < -0.39 is 5.41 Å². The van der Waals surface area contributed by atoms with E-state index in [9.17, 15) is 9.59 Å². The van der Waals surface area contributed by atoms with Crippen molar-refractivity contribution in [3.63, 3.8) is 0 Å². The molecule has 1 fully saturated rings. The standard InChI is InChI=1S/C32H49ClN2O2/c1-21(2)28-26(36)18-32(15-14-31(7,23(5)6)29(22(3)4)30(28)32)27(37)20-35(17-16-34(8)9)19-24-10-12-25(33)13-11-24/h10-13,21-23,29H,14-20H2,1-9H3/t29-,31+,32+/m1/s1. The minimum absolute atomic E-state index is 0.0754. The molecule has 37 heavy (non-hydrogen) atoms. The van der Waals surface area contributed by atoms with Gasteiger partial charge in [-0.2, -0.15) is 0 Å². The molecule has 1 aromatic rings. The Bertz CT molecular complexity index is 1010. The highest BCUT2D eigenvalue weighted by molar-refractivity contribution is 6.30. The number of ketones is 2. The Kier molecular flexibility index (Phi) is 9.52. The van der Waals surface area contributed by atoms with Gasteiger partial charge >= 0.3 is 0 Å². The summed E-state index contributed by atoms with van der Waals surface area (Å²) in [4.78, 5) is 32.5. The lowest BCUT2D eigenvalue weighted by Crippen LogP contribution is -2.51. The van der Waals surface area contributed by atoms with Crippen LogP contribution in [0.1, 0.15) is 73.3 Å². The molecule has 4 nitrogen and oxygen atoms in total. The predicted molar refractivity (Wildman–Crippen MR) is 155 cm³/mol. The number of hydrogen-bond acceptors (Lipinski definition) is 4. The molecule has 0 N–H and O–H groups in total. The van der Waals surface area contributed by atoms with E-state index in [1.54, 1.807) is 0 Å². The predicted octanol–water partition coefficient (Wildman–Crippen LogP) is 6.91. The van der Waals surface area contributed by atoms with Crippen molar-refractivity contribution in [3.05, 3.63) is 46.0 Å². The maximum atomic E-state index is 14.5. The van der Waals surface area contributed by atoms with Gasteiger partial charge in [-0.25, -0.2) is 0 Å². The fraction of sp³-hybridized carbons (Fsp3) is 0.688. The van der Waals surface area contributed by atoms with Gasteiger partial charge in [0, 0.05) is 31.1 Å². The van der Waals surface area contributed by atoms with Crippen LogP contribution in [0.4, 0.5) is 0 Å². The van der Waals surface area contributed by atoms with Crippen molar-refractivity contribution < 1.29 is 9.59 Å². The Labute approximate surface area is 230 Å². The average Bonchev–Trinajstić information content (AvgIpc) is 3.11. The third-order valence-electron chi connectivity index (χ3n) is 9.33. The van der Waals surface area contributed by atoms with Crippen molar-refractivity contribution in [1.82, 2.24) is 9.80 Å². The Hall–Kier alpha value is -1.49. The van der Waals surface area contributed by atoms with Gasteiger partial charge in [-0.05, 0) is 84.9 Å². The minimum atomic E-state index is -0.656. The van der Waals surface area contributed by atoms with Crippen molar-refractivity contribution >= 4 is 23.2 Å². The van der Waals surface area contributed by atoms with Crippen molar-refractivity contribution in [2.45, 2.75) is 74.3 Å². The second kappa shape index (κ2) is 11.7. The molecule has 0 unspecified atom stereocenters. The lowest BCUT2D eigenvalue weighted by molar-refractivity contribution is -0.134. The number of Topliss-reactive ketones (excluding diaryl/α,β-unsaturated/α-hetero) is 2. The fourth-order valence-electron chi connectivity index (χ4n) is 7.05. The quantitative estimate of drug-likeness (QED) is 0.313. The van der Waals surface area contributed by atoms with Crippen LogP contribution in [0.3, 0.4) is 0 Å². The maximum absolute atomic E-state index is 14.5. The third-order valence-corrected chi connectivity index (χ3v) is 9.58. The van der Waals surface area contributed by atoms with E-state index >= 15 is 0 Å². The molecule has 206 valence electrons. The van der Waals surface area contributed by atoms with Gasteiger partial charge in [0.15, 0.2) is 11.6 Å². The summed E-state index contributed by atoms with van der Waals surface area (Å²) >= 11 is 6.12. The number of nitrogens with zero attached hydrogens (tertiary/aromatic N) is 2. The monoisotopic (exact) mass is 528 g/mol. The first-order valence-electron chi connectivity index (χ1n) is 14.2. The molecule has 0 saturated heterocycles. The first-order valence-corrected chi connectivity index (χ1v) is 14.5. The fourth-order valence-corrected chi connectivity index (χ4v) is 7.18. The van der Waals surface area contributed by atoms with Crippen LogP contribution in [0.25, 0.3) is 0 Å². The zero-order chi connectivity index (χ0) is 27.7. The molecule has 2 aliphatic carbocycles. The number of likely N-dealkylation sites (N-methyl/N-ethyl adjacent to an activating group) is 1. The Morgan fingerprint density at radius 3 is 2.16 bits per heavy atom. The minimum Gasteiger partial charge on any atom is -0.308 e. The summed E-state index contributed by atoms with van der Waals surface area (Å²) in [5.74, 6) is 1.65. The SMILES string of the molecule is CC(C)C1=C2[C@@H](C(C)C)[C@](C)(C(C)C)CC[C@@]2(C(=O)CN(CCN(C)C)Cc2ccc(Cl)cc2)CC1=O. The van der Waals surface area contributed by atoms with Crippen LogP contribution in [0.15, 0.2) is 35.4 Å². The number of benzene rings is 1. The van der Waals surface area contributed by atoms with Gasteiger partial charge in [-0.3, -0.25) is 14.5 Å². The summed E-state index contributed by atoms with van der Waals surface area (Å²) in [6, 6.07) is 7.90. The van der Waals surface area contributed by atoms with Crippen molar-refractivity contribution in [3.8, 4) is 0 Å². The van der Waals surface area contributed by atoms with Gasteiger partial charge < -0.3 is 4.90 Å². The normalized spacial score (nSPS) is 26.4. The van der Waals surface area contributed by atoms with Gasteiger partial charge in [0.2, 0.25) is 0 Å². The van der Waals surface area contributed by atoms with Crippen LogP contribution >= 0.6 is 11.6 Å². The van der Waals surface area contributed by atoms with Gasteiger partial charge in [-0.1, -0.05) is 72.2 Å². The molecule has 0 aromatic heterocycles. The van der Waals surface area contributed by atoms with Crippen molar-refractivity contribution in [2.24, 2.45) is 34.5 Å². The summed E-state index contributed by atoms with van der Waals surface area (Å²) < 4.78 is 0. The smallest absolute Gasteiger partial charge is 0.160 e. The number of halogens is 1. The molecule has 0 aliphatic heterocycles. The lowest BCUT2D eigenvalue weighted by atomic mass is 9.49. The average molecular weight is 529 g/mol. The highest BCUT2D eigenvalue weighted by Gasteiger charge is 2.60. The summed E-state index contributed by atoms with van der Waals surface area (Å²) in [6.45, 7) is 18.5. The Morgan fingerprint density at radius 1 is 1.03 bits per heavy atom. The van der Waals surface area contributed by atoms with Gasteiger partial charge in [0.25, 0.3) is 0 Å². The number of carbonyl (C=O) groups is 2. The molecule has 5 heteroatoms. The van der Waals surface area contributed by atoms with Crippen LogP contribution in [-0.2, 0) is 16.1 Å². The molecular formula is C32H49ClN2O2. The summed E-state index contributed by atoms with van der Waals surface area (Å²) in [7, 11) is 4.13. The molecule has 2 aliphatic rings. The molecule has 0 heterocycles. The highest BCUT2D eigenvalue weighted by atomic mass is 35.5. The van der Waals surface area contributed by atoms with E-state index in [0.717, 1.165) is 37.1 Å². The van der Waals surface area contributed by atoms with E-state index in [-0.39, 0.29) is 28.8 Å². The molecule has 1 aromatic carbocycles. The zero-order valence-corrected chi connectivity index (χ0v) is 25.4. The van der Waals surface area contributed by atoms with Gasteiger partial charge in [-0.15, -0.1) is 0 Å². The third kappa shape index (κ3) is 6.07. The van der Waals surface area contributed by atoms with E-state index in [0.29, 0.717) is 36.4 Å². The van der Waals surface area contributed by atoms with Crippen LogP contribution in [0.5, 0.6) is 0 Å². The molecule has 3 atom stereocenters. The molecular weight excluding hydrogens is 480 g/mol. The number of carbonyl (C=O) groups excluding carboxylic acids is 2. The molecule has 0 spiro atoms. The van der Waals surface area contributed by atoms with E-state index in [4.69, 9.17) is 11.6 Å². The zero-order valence-electron chi connectivity index (χ0n) is 24.7. The molecule has 0 bridgehead atoms. The lowest BCUT2D eigenvalue weighted by Gasteiger charge is -2.54. The largest absolute Gasteiger partial charge is 0.308 e. The Morgan fingerprint density at radius 2 is 1.65 bits per heavy atom.